The Kier molecular flexibility index (Phi) is 7.24. The second kappa shape index (κ2) is 9.88. The molecule has 2 heterocycles. The van der Waals surface area contributed by atoms with Gasteiger partial charge in [0.1, 0.15) is 11.8 Å². The highest BCUT2D eigenvalue weighted by Gasteiger charge is 2.37. The lowest BCUT2D eigenvalue weighted by Gasteiger charge is -2.33. The van der Waals surface area contributed by atoms with Gasteiger partial charge in [0.05, 0.1) is 24.2 Å². The molecular formula is C21H25N3O6S. The molecule has 0 aliphatic carbocycles. The quantitative estimate of drug-likeness (QED) is 0.590. The van der Waals surface area contributed by atoms with Crippen molar-refractivity contribution in [1.82, 2.24) is 14.9 Å². The molecule has 0 saturated carbocycles. The second-order valence-electron chi connectivity index (χ2n) is 7.28. The van der Waals surface area contributed by atoms with Crippen LogP contribution in [0.1, 0.15) is 42.3 Å². The number of benzene rings is 1. The van der Waals surface area contributed by atoms with Crippen LogP contribution < -0.4 is 10.6 Å². The number of furan rings is 1. The number of nitrogens with zero attached hydrogens (tertiary/aromatic N) is 1. The molecule has 3 rings (SSSR count). The molecule has 1 aliphatic heterocycles. The second-order valence-corrected chi connectivity index (χ2v) is 9.17. The van der Waals surface area contributed by atoms with Gasteiger partial charge in [-0.25, -0.2) is 8.42 Å². The summed E-state index contributed by atoms with van der Waals surface area (Å²) < 4.78 is 32.6. The minimum atomic E-state index is -3.93. The van der Waals surface area contributed by atoms with Crippen LogP contribution in [0.5, 0.6) is 0 Å². The molecule has 1 aromatic heterocycles. The molecule has 1 saturated heterocycles. The van der Waals surface area contributed by atoms with Crippen LogP contribution >= 0.6 is 0 Å². The Labute approximate surface area is 180 Å². The summed E-state index contributed by atoms with van der Waals surface area (Å²) in [4.78, 5) is 36.2. The van der Waals surface area contributed by atoms with E-state index in [0.717, 1.165) is 0 Å². The van der Waals surface area contributed by atoms with Gasteiger partial charge in [0.15, 0.2) is 5.78 Å². The Bertz CT molecular complexity index is 1030. The summed E-state index contributed by atoms with van der Waals surface area (Å²) in [7, 11) is -3.93. The number of hydrogen-bond donors (Lipinski definition) is 2. The predicted molar refractivity (Wildman–Crippen MR) is 112 cm³/mol. The maximum atomic E-state index is 13.1. The van der Waals surface area contributed by atoms with Gasteiger partial charge in [0.25, 0.3) is 0 Å². The summed E-state index contributed by atoms with van der Waals surface area (Å²) in [6.07, 6.45) is 3.20. The lowest BCUT2D eigenvalue weighted by Crippen LogP contribution is -2.53. The first-order valence-corrected chi connectivity index (χ1v) is 11.4. The minimum Gasteiger partial charge on any atom is -0.467 e. The monoisotopic (exact) mass is 447 g/mol. The van der Waals surface area contributed by atoms with Crippen molar-refractivity contribution in [3.8, 4) is 0 Å². The first kappa shape index (κ1) is 22.7. The fourth-order valence-electron chi connectivity index (χ4n) is 3.40. The van der Waals surface area contributed by atoms with Gasteiger partial charge >= 0.3 is 0 Å². The number of hydrogen-bond acceptors (Lipinski definition) is 6. The molecule has 1 fully saturated rings. The zero-order valence-corrected chi connectivity index (χ0v) is 18.0. The Morgan fingerprint density at radius 1 is 1.10 bits per heavy atom. The molecule has 166 valence electrons. The molecule has 0 spiro atoms. The number of sulfonamides is 1. The van der Waals surface area contributed by atoms with Crippen LogP contribution in [0.3, 0.4) is 0 Å². The third kappa shape index (κ3) is 5.59. The van der Waals surface area contributed by atoms with E-state index in [4.69, 9.17) is 4.42 Å². The van der Waals surface area contributed by atoms with Crippen molar-refractivity contribution in [2.24, 2.45) is 0 Å². The van der Waals surface area contributed by atoms with E-state index in [1.165, 1.54) is 41.8 Å². The summed E-state index contributed by atoms with van der Waals surface area (Å²) in [5.41, 5.74) is 0.410. The molecular weight excluding hydrogens is 422 g/mol. The van der Waals surface area contributed by atoms with E-state index < -0.39 is 27.9 Å². The minimum absolute atomic E-state index is 0.0217. The summed E-state index contributed by atoms with van der Waals surface area (Å²) in [5.74, 6) is -0.504. The van der Waals surface area contributed by atoms with Crippen LogP contribution in [0.2, 0.25) is 0 Å². The van der Waals surface area contributed by atoms with E-state index in [2.05, 4.69) is 10.6 Å². The Morgan fingerprint density at radius 3 is 2.48 bits per heavy atom. The van der Waals surface area contributed by atoms with Crippen molar-refractivity contribution >= 4 is 27.6 Å². The number of Topliss-reactive ketones (excluding diaryl/α,β-unsaturated/α-hetero) is 1. The molecule has 1 unspecified atom stereocenters. The van der Waals surface area contributed by atoms with Crippen LogP contribution in [-0.2, 0) is 26.2 Å². The van der Waals surface area contributed by atoms with Crippen molar-refractivity contribution in [3.05, 3.63) is 54.0 Å². The number of ketones is 1. The normalized spacial score (nSPS) is 17.1. The van der Waals surface area contributed by atoms with Crippen molar-refractivity contribution in [3.63, 3.8) is 0 Å². The number of rotatable bonds is 8. The maximum absolute atomic E-state index is 13.1. The van der Waals surface area contributed by atoms with E-state index in [-0.39, 0.29) is 30.3 Å². The fraction of sp³-hybridized carbons (Fsp3) is 0.381. The average Bonchev–Trinajstić information content (AvgIpc) is 3.30. The summed E-state index contributed by atoms with van der Waals surface area (Å²) in [6.45, 7) is 1.54. The van der Waals surface area contributed by atoms with E-state index in [0.29, 0.717) is 30.6 Å². The highest BCUT2D eigenvalue weighted by atomic mass is 32.2. The van der Waals surface area contributed by atoms with Crippen molar-refractivity contribution in [1.29, 1.82) is 0 Å². The highest BCUT2D eigenvalue weighted by molar-refractivity contribution is 7.89. The molecule has 0 radical (unpaired) electrons. The largest absolute Gasteiger partial charge is 0.467 e. The Morgan fingerprint density at radius 2 is 1.84 bits per heavy atom. The lowest BCUT2D eigenvalue weighted by molar-refractivity contribution is -0.129. The van der Waals surface area contributed by atoms with Gasteiger partial charge in [-0.05, 0) is 44.0 Å². The van der Waals surface area contributed by atoms with Crippen LogP contribution in [-0.4, -0.2) is 49.5 Å². The fourth-order valence-corrected chi connectivity index (χ4v) is 5.05. The van der Waals surface area contributed by atoms with Crippen molar-refractivity contribution in [2.45, 2.75) is 43.7 Å². The number of piperidine rings is 1. The SMILES string of the molecule is CC(=O)c1ccc(S(=O)(=O)N2CCCCC2C(=O)NCC(=O)NCc2ccco2)cc1. The van der Waals surface area contributed by atoms with E-state index in [9.17, 15) is 22.8 Å². The topological polar surface area (TPSA) is 126 Å². The average molecular weight is 448 g/mol. The zero-order chi connectivity index (χ0) is 22.4. The number of carbonyl (C=O) groups is 3. The number of nitrogens with one attached hydrogen (secondary N) is 2. The molecule has 1 aromatic carbocycles. The van der Waals surface area contributed by atoms with Crippen LogP contribution in [0, 0.1) is 0 Å². The molecule has 2 N–H and O–H groups in total. The van der Waals surface area contributed by atoms with Crippen molar-refractivity contribution in [2.75, 3.05) is 13.1 Å². The van der Waals surface area contributed by atoms with E-state index in [1.54, 1.807) is 12.1 Å². The molecule has 10 heteroatoms. The zero-order valence-electron chi connectivity index (χ0n) is 17.2. The molecule has 0 bridgehead atoms. The van der Waals surface area contributed by atoms with Crippen LogP contribution in [0.4, 0.5) is 0 Å². The van der Waals surface area contributed by atoms with Crippen molar-refractivity contribution < 1.29 is 27.2 Å². The lowest BCUT2D eigenvalue weighted by atomic mass is 10.0. The molecule has 9 nitrogen and oxygen atoms in total. The summed E-state index contributed by atoms with van der Waals surface area (Å²) in [6, 6.07) is 8.18. The first-order valence-electron chi connectivity index (χ1n) is 9.98. The van der Waals surface area contributed by atoms with E-state index in [1.807, 2.05) is 0 Å². The van der Waals surface area contributed by atoms with Gasteiger partial charge in [0.2, 0.25) is 21.8 Å². The van der Waals surface area contributed by atoms with Crippen LogP contribution in [0.25, 0.3) is 0 Å². The first-order chi connectivity index (χ1) is 14.8. The number of amides is 2. The Balaban J connectivity index is 1.64. The van der Waals surface area contributed by atoms with Gasteiger partial charge in [-0.2, -0.15) is 4.31 Å². The molecule has 2 aromatic rings. The third-order valence-electron chi connectivity index (χ3n) is 5.09. The molecule has 1 aliphatic rings. The summed E-state index contributed by atoms with van der Waals surface area (Å²) in [5, 5.41) is 5.15. The van der Waals surface area contributed by atoms with E-state index >= 15 is 0 Å². The van der Waals surface area contributed by atoms with Gasteiger partial charge in [-0.15, -0.1) is 0 Å². The maximum Gasteiger partial charge on any atom is 0.243 e. The van der Waals surface area contributed by atoms with Crippen LogP contribution in [0.15, 0.2) is 52.0 Å². The highest BCUT2D eigenvalue weighted by Crippen LogP contribution is 2.26. The summed E-state index contributed by atoms with van der Waals surface area (Å²) >= 11 is 0. The van der Waals surface area contributed by atoms with Gasteiger partial charge < -0.3 is 15.1 Å². The van der Waals surface area contributed by atoms with Gasteiger partial charge in [0, 0.05) is 12.1 Å². The predicted octanol–water partition coefficient (Wildman–Crippen LogP) is 1.46. The van der Waals surface area contributed by atoms with Gasteiger partial charge in [-0.1, -0.05) is 18.6 Å². The molecule has 2 amide bonds. The smallest absolute Gasteiger partial charge is 0.243 e. The standard InChI is InChI=1S/C21H25N3O6S/c1-15(25)16-7-9-18(10-8-16)31(28,29)24-11-3-2-6-19(24)21(27)23-14-20(26)22-13-17-5-4-12-30-17/h4-5,7-10,12,19H,2-3,6,11,13-14H2,1H3,(H,22,26)(H,23,27). The Hall–Kier alpha value is -2.98. The number of carbonyl (C=O) groups excluding carboxylic acids is 3. The third-order valence-corrected chi connectivity index (χ3v) is 7.01. The van der Waals surface area contributed by atoms with Gasteiger partial charge in [-0.3, -0.25) is 14.4 Å². The molecule has 1 atom stereocenters. The molecule has 31 heavy (non-hydrogen) atoms.